The number of benzene rings is 1. The van der Waals surface area contributed by atoms with Gasteiger partial charge in [-0.2, -0.15) is 0 Å². The fourth-order valence-corrected chi connectivity index (χ4v) is 5.47. The molecule has 2 aliphatic rings. The normalized spacial score (nSPS) is 20.7. The van der Waals surface area contributed by atoms with E-state index in [0.29, 0.717) is 38.0 Å². The van der Waals surface area contributed by atoms with E-state index in [1.807, 2.05) is 36.2 Å². The average molecular weight is 504 g/mol. The zero-order chi connectivity index (χ0) is 26.0. The third-order valence-electron chi connectivity index (χ3n) is 7.60. The van der Waals surface area contributed by atoms with Gasteiger partial charge in [-0.1, -0.05) is 32.0 Å². The van der Waals surface area contributed by atoms with E-state index in [1.54, 1.807) is 7.11 Å². The summed E-state index contributed by atoms with van der Waals surface area (Å²) in [5.74, 6) is 1.87. The minimum Gasteiger partial charge on any atom is -0.493 e. The smallest absolute Gasteiger partial charge is 0.317 e. The van der Waals surface area contributed by atoms with Crippen LogP contribution in [0.3, 0.4) is 0 Å². The molecule has 1 saturated carbocycles. The Hall–Kier alpha value is -1.83. The summed E-state index contributed by atoms with van der Waals surface area (Å²) >= 11 is 0. The Kier molecular flexibility index (Phi) is 11.3. The Balaban J connectivity index is 1.77. The van der Waals surface area contributed by atoms with Gasteiger partial charge in [0.05, 0.1) is 12.2 Å². The highest BCUT2D eigenvalue weighted by molar-refractivity contribution is 5.74. The van der Waals surface area contributed by atoms with E-state index in [1.165, 1.54) is 12.8 Å². The van der Waals surface area contributed by atoms with Crippen molar-refractivity contribution >= 4 is 6.03 Å². The Morgan fingerprint density at radius 3 is 2.69 bits per heavy atom. The lowest BCUT2D eigenvalue weighted by Gasteiger charge is -2.43. The number of para-hydroxylation sites is 1. The van der Waals surface area contributed by atoms with E-state index in [4.69, 9.17) is 9.47 Å². The summed E-state index contributed by atoms with van der Waals surface area (Å²) in [5.41, 5.74) is -0.196. The summed E-state index contributed by atoms with van der Waals surface area (Å²) < 4.78 is 11.5. The van der Waals surface area contributed by atoms with Crippen molar-refractivity contribution in [2.45, 2.75) is 76.9 Å². The average Bonchev–Trinajstić information content (AvgIpc) is 3.70. The lowest BCUT2D eigenvalue weighted by Crippen LogP contribution is -2.54. The van der Waals surface area contributed by atoms with Crippen LogP contribution in [0, 0.1) is 17.8 Å². The van der Waals surface area contributed by atoms with Crippen LogP contribution in [-0.4, -0.2) is 69.1 Å². The molecule has 204 valence electrons. The van der Waals surface area contributed by atoms with Crippen LogP contribution in [-0.2, 0) is 10.3 Å². The first-order valence-electron chi connectivity index (χ1n) is 14.0. The number of methoxy groups -OCH3 is 1. The van der Waals surface area contributed by atoms with E-state index in [0.717, 1.165) is 56.5 Å². The van der Waals surface area contributed by atoms with Crippen molar-refractivity contribution in [3.63, 3.8) is 0 Å². The number of aliphatic hydroxyl groups is 1. The van der Waals surface area contributed by atoms with Crippen LogP contribution in [0.4, 0.5) is 4.79 Å². The highest BCUT2D eigenvalue weighted by atomic mass is 16.5. The predicted octanol–water partition coefficient (Wildman–Crippen LogP) is 4.54. The summed E-state index contributed by atoms with van der Waals surface area (Å²) in [6.07, 6.45) is 7.50. The fraction of sp³-hybridized carbons (Fsp3) is 0.759. The van der Waals surface area contributed by atoms with Gasteiger partial charge in [-0.15, -0.1) is 0 Å². The van der Waals surface area contributed by atoms with Crippen LogP contribution in [0.5, 0.6) is 5.75 Å². The standard InChI is InChI=1S/C29H49N3O4/c1-22(2)18-25(19-30-3)31-28(33)32-16-9-10-24(20-32)29(34,15-7-8-17-35-4)26-11-5-6-12-27(26)36-21-23-13-14-23/h5-6,11-12,22-25,30,34H,7-10,13-21H2,1-4H3,(H,31,33)/t24-,25+,29?/m1/s1. The Labute approximate surface area is 218 Å². The molecule has 0 bridgehead atoms. The Morgan fingerprint density at radius 2 is 2.00 bits per heavy atom. The topological polar surface area (TPSA) is 83.1 Å². The molecule has 1 aromatic carbocycles. The molecule has 3 rings (SSSR count). The molecule has 1 unspecified atom stereocenters. The van der Waals surface area contributed by atoms with Gasteiger partial charge in [-0.3, -0.25) is 0 Å². The zero-order valence-corrected chi connectivity index (χ0v) is 22.9. The summed E-state index contributed by atoms with van der Waals surface area (Å²) in [4.78, 5) is 15.2. The summed E-state index contributed by atoms with van der Waals surface area (Å²) in [6.45, 7) is 7.75. The maximum atomic E-state index is 13.3. The molecule has 0 aromatic heterocycles. The van der Waals surface area contributed by atoms with Crippen LogP contribution in [0.1, 0.15) is 70.8 Å². The van der Waals surface area contributed by atoms with E-state index < -0.39 is 5.60 Å². The number of urea groups is 1. The van der Waals surface area contributed by atoms with Crippen molar-refractivity contribution in [3.05, 3.63) is 29.8 Å². The molecule has 7 nitrogen and oxygen atoms in total. The molecule has 36 heavy (non-hydrogen) atoms. The van der Waals surface area contributed by atoms with Crippen molar-refractivity contribution in [1.82, 2.24) is 15.5 Å². The number of carbonyl (C=O) groups is 1. The number of hydrogen-bond acceptors (Lipinski definition) is 5. The number of ether oxygens (including phenoxy) is 2. The Bertz CT molecular complexity index is 800. The van der Waals surface area contributed by atoms with Gasteiger partial charge in [0.25, 0.3) is 0 Å². The first kappa shape index (κ1) is 28.7. The van der Waals surface area contributed by atoms with Gasteiger partial charge in [0.2, 0.25) is 0 Å². The van der Waals surface area contributed by atoms with Crippen molar-refractivity contribution in [1.29, 1.82) is 0 Å². The minimum absolute atomic E-state index is 0.0272. The second kappa shape index (κ2) is 14.2. The van der Waals surface area contributed by atoms with Gasteiger partial charge in [0.1, 0.15) is 5.75 Å². The zero-order valence-electron chi connectivity index (χ0n) is 22.9. The summed E-state index contributed by atoms with van der Waals surface area (Å²) in [5, 5.41) is 18.8. The largest absolute Gasteiger partial charge is 0.493 e. The van der Waals surface area contributed by atoms with Crippen molar-refractivity contribution in [3.8, 4) is 5.75 Å². The van der Waals surface area contributed by atoms with Gasteiger partial charge in [-0.25, -0.2) is 4.79 Å². The van der Waals surface area contributed by atoms with Gasteiger partial charge in [0, 0.05) is 50.9 Å². The molecule has 1 heterocycles. The van der Waals surface area contributed by atoms with Crippen LogP contribution in [0.15, 0.2) is 24.3 Å². The summed E-state index contributed by atoms with van der Waals surface area (Å²) in [6, 6.07) is 8.03. The summed E-state index contributed by atoms with van der Waals surface area (Å²) in [7, 11) is 3.63. The van der Waals surface area contributed by atoms with Gasteiger partial charge in [-0.05, 0) is 76.3 Å². The second-order valence-corrected chi connectivity index (χ2v) is 11.2. The molecule has 3 atom stereocenters. The van der Waals surface area contributed by atoms with Crippen molar-refractivity contribution < 1.29 is 19.4 Å². The van der Waals surface area contributed by atoms with Crippen LogP contribution < -0.4 is 15.4 Å². The molecule has 0 spiro atoms. The minimum atomic E-state index is -1.06. The number of hydrogen-bond donors (Lipinski definition) is 3. The molecule has 1 aliphatic carbocycles. The first-order chi connectivity index (χ1) is 17.4. The molecule has 2 amide bonds. The molecular formula is C29H49N3O4. The highest BCUT2D eigenvalue weighted by Crippen LogP contribution is 2.44. The van der Waals surface area contributed by atoms with Gasteiger partial charge < -0.3 is 30.1 Å². The maximum Gasteiger partial charge on any atom is 0.317 e. The lowest BCUT2D eigenvalue weighted by molar-refractivity contribution is -0.0580. The molecule has 1 saturated heterocycles. The molecule has 1 aromatic rings. The number of nitrogens with zero attached hydrogens (tertiary/aromatic N) is 1. The number of rotatable bonds is 15. The highest BCUT2D eigenvalue weighted by Gasteiger charge is 2.43. The number of likely N-dealkylation sites (tertiary alicyclic amines) is 1. The second-order valence-electron chi connectivity index (χ2n) is 11.2. The fourth-order valence-electron chi connectivity index (χ4n) is 5.47. The lowest BCUT2D eigenvalue weighted by atomic mass is 9.73. The maximum absolute atomic E-state index is 13.3. The van der Waals surface area contributed by atoms with Gasteiger partial charge >= 0.3 is 6.03 Å². The van der Waals surface area contributed by atoms with Crippen LogP contribution in [0.2, 0.25) is 0 Å². The molecule has 7 heteroatoms. The number of piperidine rings is 1. The van der Waals surface area contributed by atoms with E-state index >= 15 is 0 Å². The number of amides is 2. The van der Waals surface area contributed by atoms with Crippen LogP contribution in [0.25, 0.3) is 0 Å². The number of unbranched alkanes of at least 4 members (excludes halogenated alkanes) is 1. The molecule has 1 aliphatic heterocycles. The third kappa shape index (κ3) is 8.35. The first-order valence-corrected chi connectivity index (χ1v) is 14.0. The quantitative estimate of drug-likeness (QED) is 0.306. The molecule has 0 radical (unpaired) electrons. The van der Waals surface area contributed by atoms with E-state index in [-0.39, 0.29) is 18.0 Å². The van der Waals surface area contributed by atoms with E-state index in [2.05, 4.69) is 24.5 Å². The molecule has 2 fully saturated rings. The predicted molar refractivity (Wildman–Crippen MR) is 144 cm³/mol. The number of carbonyl (C=O) groups excluding carboxylic acids is 1. The van der Waals surface area contributed by atoms with Crippen molar-refractivity contribution in [2.75, 3.05) is 47.0 Å². The number of nitrogens with one attached hydrogen (secondary N) is 2. The Morgan fingerprint density at radius 1 is 1.22 bits per heavy atom. The molecular weight excluding hydrogens is 454 g/mol. The van der Waals surface area contributed by atoms with Gasteiger partial charge in [0.15, 0.2) is 0 Å². The van der Waals surface area contributed by atoms with Crippen LogP contribution >= 0.6 is 0 Å². The SMILES string of the molecule is CNC[C@H](CC(C)C)NC(=O)N1CCC[C@@H](C(O)(CCCCOC)c2ccccc2OCC2CC2)C1. The monoisotopic (exact) mass is 503 g/mol. The molecule has 3 N–H and O–H groups in total. The number of likely N-dealkylation sites (N-methyl/N-ethyl adjacent to an activating group) is 1. The van der Waals surface area contributed by atoms with E-state index in [9.17, 15) is 9.90 Å². The van der Waals surface area contributed by atoms with Crippen molar-refractivity contribution in [2.24, 2.45) is 17.8 Å². The third-order valence-corrected chi connectivity index (χ3v) is 7.60.